The molecule has 26 heavy (non-hydrogen) atoms. The van der Waals surface area contributed by atoms with E-state index in [9.17, 15) is 14.4 Å². The molecule has 0 spiro atoms. The fourth-order valence-electron chi connectivity index (χ4n) is 2.78. The van der Waals surface area contributed by atoms with Gasteiger partial charge in [-0.15, -0.1) is 0 Å². The van der Waals surface area contributed by atoms with E-state index in [0.29, 0.717) is 43.2 Å². The Morgan fingerprint density at radius 3 is 2.42 bits per heavy atom. The minimum Gasteiger partial charge on any atom is -0.450 e. The molecule has 2 heterocycles. The molecule has 0 aliphatic carbocycles. The van der Waals surface area contributed by atoms with Crippen molar-refractivity contribution in [3.05, 3.63) is 44.2 Å². The van der Waals surface area contributed by atoms with E-state index in [-0.39, 0.29) is 16.2 Å². The third-order valence-electron chi connectivity index (χ3n) is 4.07. The third-order valence-corrected chi connectivity index (χ3v) is 4.57. The molecule has 9 heteroatoms. The number of carbonyl (C=O) groups excluding carboxylic acids is 2. The average Bonchev–Trinajstić information content (AvgIpc) is 2.61. The maximum Gasteiger partial charge on any atom is 0.409 e. The second-order valence-electron chi connectivity index (χ2n) is 5.73. The molecule has 0 unspecified atom stereocenters. The molecule has 1 aromatic carbocycles. The largest absolute Gasteiger partial charge is 0.450 e. The zero-order valence-electron chi connectivity index (χ0n) is 14.0. The SMILES string of the molecule is CCOC(=O)N1CCN(C(=O)c2cc3cc(Cl)cc(Cl)c3oc2=O)CC1. The molecular formula is C17H16Cl2N2O5. The number of halogens is 2. The van der Waals surface area contributed by atoms with Crippen LogP contribution in [-0.4, -0.2) is 54.6 Å². The molecule has 0 bridgehead atoms. The Kier molecular flexibility index (Phi) is 5.38. The van der Waals surface area contributed by atoms with Crippen LogP contribution in [-0.2, 0) is 4.74 Å². The maximum atomic E-state index is 12.7. The molecule has 2 aromatic rings. The summed E-state index contributed by atoms with van der Waals surface area (Å²) in [6.07, 6.45) is -0.408. The van der Waals surface area contributed by atoms with Gasteiger partial charge in [-0.3, -0.25) is 4.79 Å². The maximum absolute atomic E-state index is 12.7. The van der Waals surface area contributed by atoms with Gasteiger partial charge in [-0.1, -0.05) is 23.2 Å². The van der Waals surface area contributed by atoms with E-state index in [1.165, 1.54) is 21.9 Å². The second kappa shape index (κ2) is 7.55. The van der Waals surface area contributed by atoms with Crippen LogP contribution in [0, 0.1) is 0 Å². The van der Waals surface area contributed by atoms with Gasteiger partial charge < -0.3 is 19.0 Å². The van der Waals surface area contributed by atoms with Gasteiger partial charge in [0.05, 0.1) is 11.6 Å². The summed E-state index contributed by atoms with van der Waals surface area (Å²) in [5.74, 6) is -0.458. The van der Waals surface area contributed by atoms with Crippen molar-refractivity contribution in [3.63, 3.8) is 0 Å². The molecule has 1 saturated heterocycles. The molecule has 2 amide bonds. The summed E-state index contributed by atoms with van der Waals surface area (Å²) in [6.45, 7) is 3.29. The van der Waals surface area contributed by atoms with Gasteiger partial charge in [0, 0.05) is 36.6 Å². The molecule has 1 fully saturated rings. The van der Waals surface area contributed by atoms with E-state index >= 15 is 0 Å². The summed E-state index contributed by atoms with van der Waals surface area (Å²) < 4.78 is 10.1. The number of fused-ring (bicyclic) bond motifs is 1. The lowest BCUT2D eigenvalue weighted by Crippen LogP contribution is -2.51. The predicted molar refractivity (Wildman–Crippen MR) is 97.0 cm³/mol. The van der Waals surface area contributed by atoms with Crippen molar-refractivity contribution in [2.24, 2.45) is 0 Å². The van der Waals surface area contributed by atoms with Crippen LogP contribution >= 0.6 is 23.2 Å². The van der Waals surface area contributed by atoms with Gasteiger partial charge in [-0.05, 0) is 25.1 Å². The zero-order valence-corrected chi connectivity index (χ0v) is 15.5. The number of carbonyl (C=O) groups is 2. The predicted octanol–water partition coefficient (Wildman–Crippen LogP) is 3.01. The van der Waals surface area contributed by atoms with Crippen molar-refractivity contribution in [2.75, 3.05) is 32.8 Å². The number of ether oxygens (including phenoxy) is 1. The lowest BCUT2D eigenvalue weighted by atomic mass is 10.1. The van der Waals surface area contributed by atoms with Crippen molar-refractivity contribution >= 4 is 46.2 Å². The van der Waals surface area contributed by atoms with Gasteiger partial charge in [0.2, 0.25) is 0 Å². The number of hydrogen-bond acceptors (Lipinski definition) is 5. The van der Waals surface area contributed by atoms with Crippen LogP contribution in [0.1, 0.15) is 17.3 Å². The number of rotatable bonds is 2. The molecular weight excluding hydrogens is 383 g/mol. The van der Waals surface area contributed by atoms with Gasteiger partial charge in [0.25, 0.3) is 5.91 Å². The lowest BCUT2D eigenvalue weighted by Gasteiger charge is -2.33. The van der Waals surface area contributed by atoms with Crippen LogP contribution in [0.25, 0.3) is 11.0 Å². The molecule has 138 valence electrons. The van der Waals surface area contributed by atoms with Crippen molar-refractivity contribution in [3.8, 4) is 0 Å². The number of hydrogen-bond donors (Lipinski definition) is 0. The van der Waals surface area contributed by atoms with Crippen LogP contribution < -0.4 is 5.63 Å². The molecule has 0 radical (unpaired) electrons. The van der Waals surface area contributed by atoms with E-state index in [1.54, 1.807) is 13.0 Å². The lowest BCUT2D eigenvalue weighted by molar-refractivity contribution is 0.0567. The monoisotopic (exact) mass is 398 g/mol. The van der Waals surface area contributed by atoms with E-state index in [0.717, 1.165) is 0 Å². The standard InChI is InChI=1S/C17H16Cl2N2O5/c1-2-25-17(24)21-5-3-20(4-6-21)15(22)12-8-10-7-11(18)9-13(19)14(10)26-16(12)23/h7-9H,2-6H2,1H3. The summed E-state index contributed by atoms with van der Waals surface area (Å²) in [5.41, 5.74) is -0.676. The molecule has 0 saturated carbocycles. The van der Waals surface area contributed by atoms with Crippen LogP contribution in [0.4, 0.5) is 4.79 Å². The number of piperazine rings is 1. The zero-order chi connectivity index (χ0) is 18.8. The van der Waals surface area contributed by atoms with Crippen molar-refractivity contribution in [1.82, 2.24) is 9.80 Å². The highest BCUT2D eigenvalue weighted by Gasteiger charge is 2.27. The van der Waals surface area contributed by atoms with Gasteiger partial charge in [0.1, 0.15) is 5.56 Å². The highest BCUT2D eigenvalue weighted by molar-refractivity contribution is 6.38. The first-order chi connectivity index (χ1) is 12.4. The van der Waals surface area contributed by atoms with Crippen LogP contribution in [0.5, 0.6) is 0 Å². The average molecular weight is 399 g/mol. The normalized spacial score (nSPS) is 14.6. The molecule has 7 nitrogen and oxygen atoms in total. The Hall–Kier alpha value is -2.25. The summed E-state index contributed by atoms with van der Waals surface area (Å²) >= 11 is 12.0. The van der Waals surface area contributed by atoms with Gasteiger partial charge in [-0.2, -0.15) is 0 Å². The topological polar surface area (TPSA) is 80.1 Å². The van der Waals surface area contributed by atoms with Crippen molar-refractivity contribution in [1.29, 1.82) is 0 Å². The molecule has 0 N–H and O–H groups in total. The summed E-state index contributed by atoms with van der Waals surface area (Å²) in [4.78, 5) is 39.7. The highest BCUT2D eigenvalue weighted by Crippen LogP contribution is 2.27. The van der Waals surface area contributed by atoms with Crippen molar-refractivity contribution in [2.45, 2.75) is 6.92 Å². The van der Waals surface area contributed by atoms with Gasteiger partial charge in [0.15, 0.2) is 5.58 Å². The minimum absolute atomic E-state index is 0.0968. The number of nitrogens with zero attached hydrogens (tertiary/aromatic N) is 2. The quantitative estimate of drug-likeness (QED) is 0.726. The Labute approximate surface area is 159 Å². The fourth-order valence-corrected chi connectivity index (χ4v) is 3.33. The van der Waals surface area contributed by atoms with Gasteiger partial charge >= 0.3 is 11.7 Å². The summed E-state index contributed by atoms with van der Waals surface area (Å²) in [6, 6.07) is 4.46. The first-order valence-corrected chi connectivity index (χ1v) is 8.80. The molecule has 1 aromatic heterocycles. The number of benzene rings is 1. The third kappa shape index (κ3) is 3.64. The molecule has 1 aliphatic heterocycles. The Balaban J connectivity index is 1.81. The summed E-state index contributed by atoms with van der Waals surface area (Å²) in [7, 11) is 0. The Morgan fingerprint density at radius 1 is 1.12 bits per heavy atom. The van der Waals surface area contributed by atoms with E-state index < -0.39 is 17.6 Å². The van der Waals surface area contributed by atoms with Crippen LogP contribution in [0.15, 0.2) is 27.4 Å². The van der Waals surface area contributed by atoms with Crippen LogP contribution in [0.2, 0.25) is 10.0 Å². The molecule has 0 atom stereocenters. The first-order valence-electron chi connectivity index (χ1n) is 8.04. The minimum atomic E-state index is -0.764. The molecule has 1 aliphatic rings. The number of amides is 2. The van der Waals surface area contributed by atoms with Crippen LogP contribution in [0.3, 0.4) is 0 Å². The van der Waals surface area contributed by atoms with Gasteiger partial charge in [-0.25, -0.2) is 9.59 Å². The fraction of sp³-hybridized carbons (Fsp3) is 0.353. The Bertz CT molecular complexity index is 919. The Morgan fingerprint density at radius 2 is 1.77 bits per heavy atom. The highest BCUT2D eigenvalue weighted by atomic mass is 35.5. The van der Waals surface area contributed by atoms with E-state index in [4.69, 9.17) is 32.4 Å². The van der Waals surface area contributed by atoms with E-state index in [2.05, 4.69) is 0 Å². The smallest absolute Gasteiger partial charge is 0.409 e. The second-order valence-corrected chi connectivity index (χ2v) is 6.58. The van der Waals surface area contributed by atoms with E-state index in [1.807, 2.05) is 0 Å². The van der Waals surface area contributed by atoms with Crippen molar-refractivity contribution < 1.29 is 18.7 Å². The first kappa shape index (κ1) is 18.5. The summed E-state index contributed by atoms with van der Waals surface area (Å²) in [5, 5.41) is 1.04. The molecule has 3 rings (SSSR count).